The first kappa shape index (κ1) is 11.1. The number of rotatable bonds is 2. The third-order valence-electron chi connectivity index (χ3n) is 2.23. The average Bonchev–Trinajstić information content (AvgIpc) is 2.28. The molecule has 0 unspecified atom stereocenters. The Bertz CT molecular complexity index is 584. The largest absolute Gasteiger partial charge is 0.505 e. The van der Waals surface area contributed by atoms with Gasteiger partial charge in [0.05, 0.1) is 0 Å². The van der Waals surface area contributed by atoms with Gasteiger partial charge >= 0.3 is 5.97 Å². The van der Waals surface area contributed by atoms with Crippen molar-refractivity contribution in [3.8, 4) is 16.9 Å². The first-order valence-electron chi connectivity index (χ1n) is 4.76. The zero-order valence-corrected chi connectivity index (χ0v) is 8.59. The molecule has 1 aromatic heterocycles. The van der Waals surface area contributed by atoms with Gasteiger partial charge in [-0.1, -0.05) is 12.1 Å². The van der Waals surface area contributed by atoms with Crippen molar-refractivity contribution in [1.29, 1.82) is 0 Å². The molecule has 17 heavy (non-hydrogen) atoms. The zero-order chi connectivity index (χ0) is 12.4. The highest BCUT2D eigenvalue weighted by Gasteiger charge is 2.12. The number of aromatic hydroxyl groups is 1. The van der Waals surface area contributed by atoms with E-state index in [0.717, 1.165) is 0 Å². The van der Waals surface area contributed by atoms with Crippen LogP contribution in [0.4, 0.5) is 4.39 Å². The Morgan fingerprint density at radius 1 is 1.24 bits per heavy atom. The molecule has 5 heteroatoms. The van der Waals surface area contributed by atoms with Crippen LogP contribution in [0.3, 0.4) is 0 Å². The van der Waals surface area contributed by atoms with Gasteiger partial charge in [-0.05, 0) is 23.8 Å². The molecule has 4 nitrogen and oxygen atoms in total. The van der Waals surface area contributed by atoms with Gasteiger partial charge in [-0.3, -0.25) is 0 Å². The van der Waals surface area contributed by atoms with E-state index in [9.17, 15) is 14.3 Å². The summed E-state index contributed by atoms with van der Waals surface area (Å²) in [4.78, 5) is 14.3. The SMILES string of the molecule is O=C(O)c1ncc(-c2cccc(F)c2)cc1O. The summed E-state index contributed by atoms with van der Waals surface area (Å²) < 4.78 is 13.0. The highest BCUT2D eigenvalue weighted by molar-refractivity contribution is 5.89. The molecule has 0 aliphatic carbocycles. The molecule has 86 valence electrons. The number of pyridine rings is 1. The van der Waals surface area contributed by atoms with Crippen LogP contribution in [0.5, 0.6) is 5.75 Å². The van der Waals surface area contributed by atoms with Crippen molar-refractivity contribution >= 4 is 5.97 Å². The van der Waals surface area contributed by atoms with Gasteiger partial charge in [0.1, 0.15) is 11.6 Å². The number of aromatic nitrogens is 1. The Kier molecular flexibility index (Phi) is 2.74. The molecule has 1 heterocycles. The Morgan fingerprint density at radius 2 is 2.00 bits per heavy atom. The second-order valence-electron chi connectivity index (χ2n) is 3.41. The van der Waals surface area contributed by atoms with Gasteiger partial charge in [-0.15, -0.1) is 0 Å². The molecule has 0 bridgehead atoms. The van der Waals surface area contributed by atoms with E-state index >= 15 is 0 Å². The summed E-state index contributed by atoms with van der Waals surface area (Å²) in [5.74, 6) is -2.17. The molecule has 0 saturated carbocycles. The van der Waals surface area contributed by atoms with E-state index in [-0.39, 0.29) is 0 Å². The number of carbonyl (C=O) groups is 1. The number of benzene rings is 1. The summed E-state index contributed by atoms with van der Waals surface area (Å²) in [5.41, 5.74) is 0.543. The van der Waals surface area contributed by atoms with E-state index < -0.39 is 23.2 Å². The Morgan fingerprint density at radius 3 is 2.59 bits per heavy atom. The van der Waals surface area contributed by atoms with Crippen LogP contribution in [-0.2, 0) is 0 Å². The van der Waals surface area contributed by atoms with Crippen LogP contribution in [0.1, 0.15) is 10.5 Å². The lowest BCUT2D eigenvalue weighted by Crippen LogP contribution is -2.00. The maximum atomic E-state index is 13.0. The van der Waals surface area contributed by atoms with Crippen LogP contribution in [0.15, 0.2) is 36.5 Å². The molecule has 0 aliphatic heterocycles. The zero-order valence-electron chi connectivity index (χ0n) is 8.59. The van der Waals surface area contributed by atoms with Crippen molar-refractivity contribution in [2.45, 2.75) is 0 Å². The molecule has 0 atom stereocenters. The minimum Gasteiger partial charge on any atom is -0.505 e. The Labute approximate surface area is 96.0 Å². The Hall–Kier alpha value is -2.43. The molecule has 0 aliphatic rings. The third kappa shape index (κ3) is 2.23. The fourth-order valence-electron chi connectivity index (χ4n) is 1.44. The third-order valence-corrected chi connectivity index (χ3v) is 2.23. The van der Waals surface area contributed by atoms with Crippen molar-refractivity contribution in [1.82, 2.24) is 4.98 Å². The molecule has 2 rings (SSSR count). The van der Waals surface area contributed by atoms with Crippen LogP contribution in [0, 0.1) is 5.82 Å². The van der Waals surface area contributed by atoms with Gasteiger partial charge in [-0.25, -0.2) is 14.2 Å². The first-order chi connectivity index (χ1) is 8.08. The van der Waals surface area contributed by atoms with Crippen molar-refractivity contribution in [2.24, 2.45) is 0 Å². The first-order valence-corrected chi connectivity index (χ1v) is 4.76. The molecule has 0 saturated heterocycles. The van der Waals surface area contributed by atoms with Crippen molar-refractivity contribution in [3.05, 3.63) is 48.0 Å². The monoisotopic (exact) mass is 233 g/mol. The van der Waals surface area contributed by atoms with Gasteiger partial charge in [0.15, 0.2) is 5.69 Å². The average molecular weight is 233 g/mol. The molecule has 2 aromatic rings. The van der Waals surface area contributed by atoms with E-state index in [4.69, 9.17) is 5.11 Å². The van der Waals surface area contributed by atoms with Crippen molar-refractivity contribution in [2.75, 3.05) is 0 Å². The smallest absolute Gasteiger partial charge is 0.358 e. The molecule has 0 radical (unpaired) electrons. The fourth-order valence-corrected chi connectivity index (χ4v) is 1.44. The van der Waals surface area contributed by atoms with Gasteiger partial charge in [-0.2, -0.15) is 0 Å². The molecule has 0 spiro atoms. The molecular formula is C12H8FNO3. The van der Waals surface area contributed by atoms with E-state index in [0.29, 0.717) is 11.1 Å². The summed E-state index contributed by atoms with van der Waals surface area (Å²) in [6.45, 7) is 0. The standard InChI is InChI=1S/C12H8FNO3/c13-9-3-1-2-7(4-9)8-5-10(15)11(12(16)17)14-6-8/h1-6,15H,(H,16,17). The second kappa shape index (κ2) is 4.21. The lowest BCUT2D eigenvalue weighted by atomic mass is 10.1. The maximum Gasteiger partial charge on any atom is 0.358 e. The predicted molar refractivity (Wildman–Crippen MR) is 58.3 cm³/mol. The second-order valence-corrected chi connectivity index (χ2v) is 3.41. The number of carboxylic acid groups (broad SMARTS) is 1. The molecule has 0 amide bonds. The van der Waals surface area contributed by atoms with Crippen LogP contribution in [0.2, 0.25) is 0 Å². The summed E-state index contributed by atoms with van der Waals surface area (Å²) in [6, 6.07) is 6.97. The molecule has 2 N–H and O–H groups in total. The normalized spacial score (nSPS) is 10.2. The van der Waals surface area contributed by atoms with E-state index in [1.54, 1.807) is 6.07 Å². The van der Waals surface area contributed by atoms with Crippen LogP contribution >= 0.6 is 0 Å². The van der Waals surface area contributed by atoms with Gasteiger partial charge in [0.2, 0.25) is 0 Å². The van der Waals surface area contributed by atoms with Crippen LogP contribution in [-0.4, -0.2) is 21.2 Å². The number of halogens is 1. The number of aromatic carboxylic acids is 1. The summed E-state index contributed by atoms with van der Waals surface area (Å²) in [7, 11) is 0. The van der Waals surface area contributed by atoms with Crippen molar-refractivity contribution in [3.63, 3.8) is 0 Å². The van der Waals surface area contributed by atoms with Gasteiger partial charge in [0.25, 0.3) is 0 Å². The number of nitrogens with zero attached hydrogens (tertiary/aromatic N) is 1. The Balaban J connectivity index is 2.48. The molecule has 0 fully saturated rings. The summed E-state index contributed by atoms with van der Waals surface area (Å²) in [6.07, 6.45) is 1.28. The summed E-state index contributed by atoms with van der Waals surface area (Å²) >= 11 is 0. The highest BCUT2D eigenvalue weighted by atomic mass is 19.1. The summed E-state index contributed by atoms with van der Waals surface area (Å²) in [5, 5.41) is 18.1. The lowest BCUT2D eigenvalue weighted by Gasteiger charge is -2.04. The number of carboxylic acids is 1. The lowest BCUT2D eigenvalue weighted by molar-refractivity contribution is 0.0687. The van der Waals surface area contributed by atoms with Crippen molar-refractivity contribution < 1.29 is 19.4 Å². The van der Waals surface area contributed by atoms with Crippen LogP contribution in [0.25, 0.3) is 11.1 Å². The minimum absolute atomic E-state index is 0.413. The fraction of sp³-hybridized carbons (Fsp3) is 0. The minimum atomic E-state index is -1.31. The van der Waals surface area contributed by atoms with E-state index in [2.05, 4.69) is 4.98 Å². The molecular weight excluding hydrogens is 225 g/mol. The topological polar surface area (TPSA) is 70.4 Å². The number of hydrogen-bond acceptors (Lipinski definition) is 3. The quantitative estimate of drug-likeness (QED) is 0.834. The maximum absolute atomic E-state index is 13.0. The van der Waals surface area contributed by atoms with Gasteiger partial charge in [0, 0.05) is 11.8 Å². The van der Waals surface area contributed by atoms with Gasteiger partial charge < -0.3 is 10.2 Å². The highest BCUT2D eigenvalue weighted by Crippen LogP contribution is 2.25. The van der Waals surface area contributed by atoms with E-state index in [1.807, 2.05) is 0 Å². The van der Waals surface area contributed by atoms with Crippen LogP contribution < -0.4 is 0 Å². The number of hydrogen-bond donors (Lipinski definition) is 2. The molecule has 1 aromatic carbocycles. The van der Waals surface area contributed by atoms with E-state index in [1.165, 1.54) is 30.5 Å². The predicted octanol–water partition coefficient (Wildman–Crippen LogP) is 2.29.